The Hall–Kier alpha value is -2.11. The van der Waals surface area contributed by atoms with Gasteiger partial charge in [0.15, 0.2) is 0 Å². The second kappa shape index (κ2) is 12.1. The van der Waals surface area contributed by atoms with Crippen molar-refractivity contribution in [2.45, 2.75) is 77.7 Å². The average molecular weight is 432 g/mol. The highest BCUT2D eigenvalue weighted by Gasteiger charge is 2.29. The molecular formula is C25H41N3O3. The van der Waals surface area contributed by atoms with Crippen molar-refractivity contribution in [3.63, 3.8) is 0 Å². The van der Waals surface area contributed by atoms with Crippen molar-refractivity contribution in [3.05, 3.63) is 30.1 Å². The van der Waals surface area contributed by atoms with Crippen molar-refractivity contribution in [2.75, 3.05) is 27.2 Å². The Labute approximate surface area is 188 Å². The minimum Gasteiger partial charge on any atom is -0.444 e. The first-order valence-electron chi connectivity index (χ1n) is 11.7. The molecule has 2 aliphatic rings. The third kappa shape index (κ3) is 9.28. The topological polar surface area (TPSA) is 62.7 Å². The van der Waals surface area contributed by atoms with Gasteiger partial charge in [-0.25, -0.2) is 4.79 Å². The Balaban J connectivity index is 0.000000291. The normalized spacial score (nSPS) is 18.0. The predicted octanol–water partition coefficient (Wildman–Crippen LogP) is 4.93. The Morgan fingerprint density at radius 3 is 2.10 bits per heavy atom. The van der Waals surface area contributed by atoms with Gasteiger partial charge in [-0.05, 0) is 76.5 Å². The number of rotatable bonds is 3. The van der Waals surface area contributed by atoms with Gasteiger partial charge in [0, 0.05) is 45.5 Å². The lowest BCUT2D eigenvalue weighted by Crippen LogP contribution is -2.42. The summed E-state index contributed by atoms with van der Waals surface area (Å²) in [5.74, 6) is 1.50. The van der Waals surface area contributed by atoms with Crippen LogP contribution >= 0.6 is 0 Å². The number of ether oxygens (including phenoxy) is 1. The molecule has 0 unspecified atom stereocenters. The highest BCUT2D eigenvalue weighted by Crippen LogP contribution is 2.28. The van der Waals surface area contributed by atoms with Crippen molar-refractivity contribution >= 4 is 12.0 Å². The Morgan fingerprint density at radius 2 is 1.61 bits per heavy atom. The maximum absolute atomic E-state index is 12.5. The van der Waals surface area contributed by atoms with Crippen LogP contribution in [-0.2, 0) is 16.0 Å². The smallest absolute Gasteiger partial charge is 0.409 e. The summed E-state index contributed by atoms with van der Waals surface area (Å²) in [4.78, 5) is 31.0. The van der Waals surface area contributed by atoms with E-state index in [-0.39, 0.29) is 11.7 Å². The average Bonchev–Trinajstić information content (AvgIpc) is 2.74. The van der Waals surface area contributed by atoms with E-state index in [0.717, 1.165) is 51.1 Å². The van der Waals surface area contributed by atoms with Crippen molar-refractivity contribution in [2.24, 2.45) is 11.8 Å². The van der Waals surface area contributed by atoms with Crippen LogP contribution < -0.4 is 0 Å². The number of aromatic nitrogens is 1. The largest absolute Gasteiger partial charge is 0.444 e. The van der Waals surface area contributed by atoms with Gasteiger partial charge < -0.3 is 14.5 Å². The van der Waals surface area contributed by atoms with Crippen LogP contribution in [0.1, 0.15) is 71.3 Å². The summed E-state index contributed by atoms with van der Waals surface area (Å²) < 4.78 is 4.99. The molecule has 1 saturated carbocycles. The quantitative estimate of drug-likeness (QED) is 0.681. The number of carbonyl (C=O) groups is 2. The Bertz CT molecular complexity index is 671. The highest BCUT2D eigenvalue weighted by molar-refractivity contribution is 5.79. The summed E-state index contributed by atoms with van der Waals surface area (Å²) in [6, 6.07) is 4.22. The molecule has 1 aromatic heterocycles. The SMILES string of the molecule is CN(C)C(=O)OC(C)(C)C.O=C(C1CCCCC1)N1CCC(Cc2ccncc2)CC1. The maximum atomic E-state index is 12.5. The summed E-state index contributed by atoms with van der Waals surface area (Å²) in [7, 11) is 3.32. The monoisotopic (exact) mass is 431 g/mol. The van der Waals surface area contributed by atoms with E-state index in [9.17, 15) is 9.59 Å². The number of nitrogens with zero attached hydrogens (tertiary/aromatic N) is 3. The fourth-order valence-electron chi connectivity index (χ4n) is 4.17. The van der Waals surface area contributed by atoms with Gasteiger partial charge in [-0.3, -0.25) is 9.78 Å². The lowest BCUT2D eigenvalue weighted by molar-refractivity contribution is -0.138. The minimum atomic E-state index is -0.388. The van der Waals surface area contributed by atoms with Gasteiger partial charge >= 0.3 is 6.09 Å². The Kier molecular flexibility index (Phi) is 9.79. The molecule has 2 fully saturated rings. The molecule has 6 heteroatoms. The first kappa shape index (κ1) is 25.2. The molecule has 31 heavy (non-hydrogen) atoms. The number of piperidine rings is 1. The van der Waals surface area contributed by atoms with Crippen LogP contribution in [0.3, 0.4) is 0 Å². The zero-order valence-corrected chi connectivity index (χ0v) is 20.1. The van der Waals surface area contributed by atoms with Gasteiger partial charge in [-0.15, -0.1) is 0 Å². The lowest BCUT2D eigenvalue weighted by atomic mass is 9.86. The zero-order valence-electron chi connectivity index (χ0n) is 20.1. The molecule has 0 spiro atoms. The van der Waals surface area contributed by atoms with E-state index in [1.165, 1.54) is 29.7 Å². The third-order valence-corrected chi connectivity index (χ3v) is 5.91. The Morgan fingerprint density at radius 1 is 1.03 bits per heavy atom. The van der Waals surface area contributed by atoms with Crippen LogP contribution in [0, 0.1) is 11.8 Å². The fraction of sp³-hybridized carbons (Fsp3) is 0.720. The molecule has 1 saturated heterocycles. The first-order chi connectivity index (χ1) is 14.7. The number of hydrogen-bond acceptors (Lipinski definition) is 4. The van der Waals surface area contributed by atoms with Gasteiger partial charge in [-0.1, -0.05) is 19.3 Å². The minimum absolute atomic E-state index is 0.299. The molecule has 3 rings (SSSR count). The summed E-state index contributed by atoms with van der Waals surface area (Å²) in [6.45, 7) is 7.45. The summed E-state index contributed by atoms with van der Waals surface area (Å²) >= 11 is 0. The molecule has 1 aromatic rings. The number of pyridine rings is 1. The lowest BCUT2D eigenvalue weighted by Gasteiger charge is -2.35. The maximum Gasteiger partial charge on any atom is 0.409 e. The zero-order chi connectivity index (χ0) is 22.9. The highest BCUT2D eigenvalue weighted by atomic mass is 16.6. The summed E-state index contributed by atoms with van der Waals surface area (Å²) in [6.07, 6.45) is 12.9. The standard InChI is InChI=1S/C18H26N2O.C7H15NO2/c21-18(17-4-2-1-3-5-17)20-12-8-16(9-13-20)14-15-6-10-19-11-7-15;1-7(2,3)10-6(9)8(4)5/h6-7,10-11,16-17H,1-5,8-9,12-14H2;1-5H3. The second-order valence-corrected chi connectivity index (χ2v) is 10.0. The van der Waals surface area contributed by atoms with E-state index in [0.29, 0.717) is 11.8 Å². The number of amides is 2. The van der Waals surface area contributed by atoms with E-state index in [1.807, 2.05) is 33.2 Å². The summed E-state index contributed by atoms with van der Waals surface area (Å²) in [5.41, 5.74) is 0.989. The van der Waals surface area contributed by atoms with E-state index in [4.69, 9.17) is 4.74 Å². The molecular weight excluding hydrogens is 390 g/mol. The number of hydrogen-bond donors (Lipinski definition) is 0. The molecule has 0 radical (unpaired) electrons. The molecule has 174 valence electrons. The van der Waals surface area contributed by atoms with E-state index in [1.54, 1.807) is 14.1 Å². The van der Waals surface area contributed by atoms with Crippen LogP contribution in [0.2, 0.25) is 0 Å². The molecule has 1 aliphatic carbocycles. The molecule has 0 bridgehead atoms. The van der Waals surface area contributed by atoms with Crippen LogP contribution in [0.5, 0.6) is 0 Å². The summed E-state index contributed by atoms with van der Waals surface area (Å²) in [5, 5.41) is 0. The predicted molar refractivity (Wildman–Crippen MR) is 124 cm³/mol. The van der Waals surface area contributed by atoms with Crippen LogP contribution in [0.4, 0.5) is 4.79 Å². The van der Waals surface area contributed by atoms with E-state index < -0.39 is 0 Å². The molecule has 1 aliphatic heterocycles. The van der Waals surface area contributed by atoms with E-state index >= 15 is 0 Å². The number of likely N-dealkylation sites (tertiary alicyclic amines) is 1. The van der Waals surface area contributed by atoms with Gasteiger partial charge in [0.05, 0.1) is 0 Å². The molecule has 2 amide bonds. The fourth-order valence-corrected chi connectivity index (χ4v) is 4.17. The molecule has 0 aromatic carbocycles. The van der Waals surface area contributed by atoms with Crippen LogP contribution in [0.25, 0.3) is 0 Å². The number of carbonyl (C=O) groups excluding carboxylic acids is 2. The van der Waals surface area contributed by atoms with Gasteiger partial charge in [-0.2, -0.15) is 0 Å². The van der Waals surface area contributed by atoms with Gasteiger partial charge in [0.25, 0.3) is 0 Å². The third-order valence-electron chi connectivity index (χ3n) is 5.91. The van der Waals surface area contributed by atoms with Crippen LogP contribution in [-0.4, -0.2) is 59.6 Å². The van der Waals surface area contributed by atoms with Crippen LogP contribution in [0.15, 0.2) is 24.5 Å². The van der Waals surface area contributed by atoms with Gasteiger partial charge in [0.2, 0.25) is 5.91 Å². The second-order valence-electron chi connectivity index (χ2n) is 10.0. The van der Waals surface area contributed by atoms with Crippen molar-refractivity contribution in [3.8, 4) is 0 Å². The molecule has 2 heterocycles. The molecule has 0 N–H and O–H groups in total. The molecule has 6 nitrogen and oxygen atoms in total. The van der Waals surface area contributed by atoms with Crippen molar-refractivity contribution in [1.29, 1.82) is 0 Å². The van der Waals surface area contributed by atoms with Crippen molar-refractivity contribution in [1.82, 2.24) is 14.8 Å². The molecule has 0 atom stereocenters. The first-order valence-corrected chi connectivity index (χ1v) is 11.7. The van der Waals surface area contributed by atoms with Crippen molar-refractivity contribution < 1.29 is 14.3 Å². The van der Waals surface area contributed by atoms with Gasteiger partial charge in [0.1, 0.15) is 5.60 Å². The van der Waals surface area contributed by atoms with E-state index in [2.05, 4.69) is 22.0 Å².